The quantitative estimate of drug-likeness (QED) is 0.835. The maximum absolute atomic E-state index is 12.3. The number of hydrogen-bond acceptors (Lipinski definition) is 3. The van der Waals surface area contributed by atoms with Gasteiger partial charge in [0.25, 0.3) is 5.91 Å². The number of rotatable bonds is 1. The molecule has 2 aromatic heterocycles. The fraction of sp³-hybridized carbons (Fsp3) is 0.333. The minimum Gasteiger partial charge on any atom is -0.337 e. The Morgan fingerprint density at radius 3 is 3.00 bits per heavy atom. The lowest BCUT2D eigenvalue weighted by Crippen LogP contribution is -2.31. The van der Waals surface area contributed by atoms with Crippen molar-refractivity contribution in [3.05, 3.63) is 36.2 Å². The summed E-state index contributed by atoms with van der Waals surface area (Å²) in [5.74, 6) is 0.0270. The molecule has 3 heterocycles. The van der Waals surface area contributed by atoms with E-state index < -0.39 is 0 Å². The SMILES string of the molecule is Cl.NC1CCN(C(=O)c2cnn3ccccc23)C1. The van der Waals surface area contributed by atoms with Gasteiger partial charge in [0.1, 0.15) is 0 Å². The van der Waals surface area contributed by atoms with Crippen molar-refractivity contribution in [1.82, 2.24) is 14.5 Å². The number of likely N-dealkylation sites (tertiary alicyclic amines) is 1. The molecule has 18 heavy (non-hydrogen) atoms. The van der Waals surface area contributed by atoms with E-state index in [0.717, 1.165) is 18.5 Å². The average molecular weight is 267 g/mol. The highest BCUT2D eigenvalue weighted by atomic mass is 35.5. The number of carbonyl (C=O) groups is 1. The fourth-order valence-corrected chi connectivity index (χ4v) is 2.24. The summed E-state index contributed by atoms with van der Waals surface area (Å²) in [4.78, 5) is 14.1. The summed E-state index contributed by atoms with van der Waals surface area (Å²) < 4.78 is 1.71. The molecule has 1 amide bonds. The molecule has 0 radical (unpaired) electrons. The van der Waals surface area contributed by atoms with Crippen molar-refractivity contribution in [3.8, 4) is 0 Å². The Labute approximate surface area is 111 Å². The van der Waals surface area contributed by atoms with Gasteiger partial charge in [-0.05, 0) is 18.6 Å². The second-order valence-corrected chi connectivity index (χ2v) is 4.39. The molecule has 2 N–H and O–H groups in total. The molecule has 96 valence electrons. The number of amides is 1. The van der Waals surface area contributed by atoms with Crippen molar-refractivity contribution in [3.63, 3.8) is 0 Å². The van der Waals surface area contributed by atoms with E-state index in [2.05, 4.69) is 5.10 Å². The molecular weight excluding hydrogens is 252 g/mol. The number of carbonyl (C=O) groups excluding carboxylic acids is 1. The number of halogens is 1. The van der Waals surface area contributed by atoms with Gasteiger partial charge in [-0.1, -0.05) is 6.07 Å². The first-order valence-electron chi connectivity index (χ1n) is 5.73. The molecule has 1 fully saturated rings. The number of nitrogens with zero attached hydrogens (tertiary/aromatic N) is 3. The lowest BCUT2D eigenvalue weighted by atomic mass is 10.2. The zero-order chi connectivity index (χ0) is 11.8. The molecule has 1 aliphatic heterocycles. The standard InChI is InChI=1S/C12H14N4O.ClH/c13-9-4-6-15(8-9)12(17)10-7-14-16-5-2-1-3-11(10)16;/h1-3,5,7,9H,4,6,8,13H2;1H. The summed E-state index contributed by atoms with van der Waals surface area (Å²) in [6.07, 6.45) is 4.34. The van der Waals surface area contributed by atoms with Crippen LogP contribution in [0.1, 0.15) is 16.8 Å². The minimum absolute atomic E-state index is 0. The Hall–Kier alpha value is -1.59. The van der Waals surface area contributed by atoms with Crippen molar-refractivity contribution in [2.45, 2.75) is 12.5 Å². The average Bonchev–Trinajstić information content (AvgIpc) is 2.94. The first-order chi connectivity index (χ1) is 8.25. The van der Waals surface area contributed by atoms with E-state index in [-0.39, 0.29) is 24.4 Å². The van der Waals surface area contributed by atoms with Gasteiger partial charge in [0.15, 0.2) is 0 Å². The Morgan fingerprint density at radius 2 is 2.28 bits per heavy atom. The highest BCUT2D eigenvalue weighted by Gasteiger charge is 2.26. The predicted molar refractivity (Wildman–Crippen MR) is 70.9 cm³/mol. The van der Waals surface area contributed by atoms with Gasteiger partial charge < -0.3 is 10.6 Å². The Kier molecular flexibility index (Phi) is 3.54. The van der Waals surface area contributed by atoms with Crippen LogP contribution in [0.15, 0.2) is 30.6 Å². The number of fused-ring (bicyclic) bond motifs is 1. The van der Waals surface area contributed by atoms with E-state index in [0.29, 0.717) is 12.1 Å². The highest BCUT2D eigenvalue weighted by Crippen LogP contribution is 2.16. The molecule has 5 nitrogen and oxygen atoms in total. The van der Waals surface area contributed by atoms with Crippen LogP contribution in [0.4, 0.5) is 0 Å². The minimum atomic E-state index is 0. The van der Waals surface area contributed by atoms with E-state index in [1.807, 2.05) is 24.4 Å². The van der Waals surface area contributed by atoms with Crippen LogP contribution < -0.4 is 5.73 Å². The molecule has 0 bridgehead atoms. The van der Waals surface area contributed by atoms with Crippen molar-refractivity contribution in [1.29, 1.82) is 0 Å². The van der Waals surface area contributed by atoms with Gasteiger partial charge >= 0.3 is 0 Å². The maximum Gasteiger partial charge on any atom is 0.257 e. The number of aromatic nitrogens is 2. The summed E-state index contributed by atoms with van der Waals surface area (Å²) in [5, 5.41) is 4.17. The first-order valence-corrected chi connectivity index (χ1v) is 5.73. The molecule has 0 aliphatic carbocycles. The first kappa shape index (κ1) is 12.9. The molecule has 2 aromatic rings. The third kappa shape index (κ3) is 2.07. The zero-order valence-electron chi connectivity index (χ0n) is 9.82. The molecule has 1 unspecified atom stereocenters. The third-order valence-electron chi connectivity index (χ3n) is 3.17. The van der Waals surface area contributed by atoms with Crippen LogP contribution >= 0.6 is 12.4 Å². The van der Waals surface area contributed by atoms with Gasteiger partial charge in [-0.2, -0.15) is 5.10 Å². The second kappa shape index (κ2) is 4.96. The van der Waals surface area contributed by atoms with E-state index in [4.69, 9.17) is 5.73 Å². The van der Waals surface area contributed by atoms with Gasteiger partial charge in [-0.25, -0.2) is 4.52 Å². The number of pyridine rings is 1. The van der Waals surface area contributed by atoms with Gasteiger partial charge in [0.05, 0.1) is 17.3 Å². The molecule has 1 saturated heterocycles. The van der Waals surface area contributed by atoms with Gasteiger partial charge in [0, 0.05) is 25.3 Å². The number of nitrogens with two attached hydrogens (primary N) is 1. The van der Waals surface area contributed by atoms with Crippen LogP contribution in [-0.4, -0.2) is 39.6 Å². The van der Waals surface area contributed by atoms with Gasteiger partial charge in [-0.15, -0.1) is 12.4 Å². The van der Waals surface area contributed by atoms with E-state index in [9.17, 15) is 4.79 Å². The van der Waals surface area contributed by atoms with Crippen LogP contribution in [0.25, 0.3) is 5.52 Å². The van der Waals surface area contributed by atoms with Crippen LogP contribution in [0.3, 0.4) is 0 Å². The topological polar surface area (TPSA) is 63.6 Å². The van der Waals surface area contributed by atoms with Crippen LogP contribution in [0, 0.1) is 0 Å². The van der Waals surface area contributed by atoms with Crippen molar-refractivity contribution >= 4 is 23.8 Å². The highest BCUT2D eigenvalue weighted by molar-refractivity contribution is 6.00. The molecule has 0 spiro atoms. The van der Waals surface area contributed by atoms with Crippen LogP contribution in [0.2, 0.25) is 0 Å². The Morgan fingerprint density at radius 1 is 1.44 bits per heavy atom. The molecule has 1 atom stereocenters. The Balaban J connectivity index is 0.00000120. The van der Waals surface area contributed by atoms with E-state index >= 15 is 0 Å². The lowest BCUT2D eigenvalue weighted by molar-refractivity contribution is 0.0793. The third-order valence-corrected chi connectivity index (χ3v) is 3.17. The van der Waals surface area contributed by atoms with Crippen molar-refractivity contribution in [2.75, 3.05) is 13.1 Å². The van der Waals surface area contributed by atoms with E-state index in [1.165, 1.54) is 0 Å². The fourth-order valence-electron chi connectivity index (χ4n) is 2.24. The summed E-state index contributed by atoms with van der Waals surface area (Å²) >= 11 is 0. The van der Waals surface area contributed by atoms with E-state index in [1.54, 1.807) is 15.6 Å². The largest absolute Gasteiger partial charge is 0.337 e. The van der Waals surface area contributed by atoms with Crippen LogP contribution in [-0.2, 0) is 0 Å². The molecule has 3 rings (SSSR count). The Bertz CT molecular complexity index is 568. The lowest BCUT2D eigenvalue weighted by Gasteiger charge is -2.14. The second-order valence-electron chi connectivity index (χ2n) is 4.39. The summed E-state index contributed by atoms with van der Waals surface area (Å²) in [7, 11) is 0. The molecular formula is C12H15ClN4O. The predicted octanol–water partition coefficient (Wildman–Crippen LogP) is 0.929. The van der Waals surface area contributed by atoms with Crippen molar-refractivity contribution < 1.29 is 4.79 Å². The normalized spacial score (nSPS) is 18.9. The summed E-state index contributed by atoms with van der Waals surface area (Å²) in [6, 6.07) is 5.81. The molecule has 0 saturated carbocycles. The summed E-state index contributed by atoms with van der Waals surface area (Å²) in [6.45, 7) is 1.38. The smallest absolute Gasteiger partial charge is 0.257 e. The van der Waals surface area contributed by atoms with Crippen molar-refractivity contribution in [2.24, 2.45) is 5.73 Å². The van der Waals surface area contributed by atoms with Gasteiger partial charge in [-0.3, -0.25) is 4.79 Å². The van der Waals surface area contributed by atoms with Crippen LogP contribution in [0.5, 0.6) is 0 Å². The monoisotopic (exact) mass is 266 g/mol. The number of hydrogen-bond donors (Lipinski definition) is 1. The molecule has 1 aliphatic rings. The maximum atomic E-state index is 12.3. The summed E-state index contributed by atoms with van der Waals surface area (Å²) in [5.41, 5.74) is 7.31. The molecule has 0 aromatic carbocycles. The molecule has 6 heteroatoms. The van der Waals surface area contributed by atoms with Gasteiger partial charge in [0.2, 0.25) is 0 Å². The zero-order valence-corrected chi connectivity index (χ0v) is 10.6.